The van der Waals surface area contributed by atoms with Crippen LogP contribution in [0.15, 0.2) is 47.4 Å². The standard InChI is InChI=1S/C21H18F3N3O2S/c1-20(2)18(28)27(15-9-8-13(11-25)16(10-15)21(22,23)24)19(29)26(20)12-14-6-4-5-7-17(14)30-3/h4-10H,12H2,1-3H3. The topological polar surface area (TPSA) is 64.4 Å². The number of hydrogen-bond donors (Lipinski definition) is 0. The van der Waals surface area contributed by atoms with Crippen LogP contribution >= 0.6 is 11.8 Å². The van der Waals surface area contributed by atoms with Crippen LogP contribution in [-0.2, 0) is 17.5 Å². The van der Waals surface area contributed by atoms with Crippen molar-refractivity contribution in [3.8, 4) is 6.07 Å². The molecule has 1 heterocycles. The van der Waals surface area contributed by atoms with E-state index < -0.39 is 34.8 Å². The lowest BCUT2D eigenvalue weighted by molar-refractivity contribution is -0.137. The van der Waals surface area contributed by atoms with E-state index in [1.165, 1.54) is 28.8 Å². The molecule has 30 heavy (non-hydrogen) atoms. The number of anilines is 1. The number of halogens is 3. The number of rotatable bonds is 4. The smallest absolute Gasteiger partial charge is 0.305 e. The zero-order chi connectivity index (χ0) is 22.3. The van der Waals surface area contributed by atoms with Crippen molar-refractivity contribution in [3.05, 3.63) is 59.2 Å². The summed E-state index contributed by atoms with van der Waals surface area (Å²) < 4.78 is 40.0. The quantitative estimate of drug-likeness (QED) is 0.500. The maximum absolute atomic E-state index is 13.3. The van der Waals surface area contributed by atoms with Gasteiger partial charge in [0.25, 0.3) is 5.91 Å². The van der Waals surface area contributed by atoms with Gasteiger partial charge >= 0.3 is 12.2 Å². The Morgan fingerprint density at radius 2 is 1.80 bits per heavy atom. The van der Waals surface area contributed by atoms with Crippen molar-refractivity contribution in [1.82, 2.24) is 4.90 Å². The molecule has 156 valence electrons. The van der Waals surface area contributed by atoms with Crippen molar-refractivity contribution in [1.29, 1.82) is 5.26 Å². The van der Waals surface area contributed by atoms with Gasteiger partial charge in [0.05, 0.1) is 22.9 Å². The normalized spacial score (nSPS) is 16.2. The van der Waals surface area contributed by atoms with Gasteiger partial charge in [-0.25, -0.2) is 9.69 Å². The number of amides is 3. The Morgan fingerprint density at radius 3 is 2.40 bits per heavy atom. The van der Waals surface area contributed by atoms with Crippen LogP contribution in [0.4, 0.5) is 23.7 Å². The molecule has 1 aliphatic rings. The summed E-state index contributed by atoms with van der Waals surface area (Å²) in [5, 5.41) is 8.97. The van der Waals surface area contributed by atoms with Gasteiger partial charge in [-0.1, -0.05) is 18.2 Å². The van der Waals surface area contributed by atoms with Crippen molar-refractivity contribution >= 4 is 29.4 Å². The van der Waals surface area contributed by atoms with Crippen LogP contribution in [0.3, 0.4) is 0 Å². The first kappa shape index (κ1) is 21.7. The first-order valence-corrected chi connectivity index (χ1v) is 10.1. The second-order valence-electron chi connectivity index (χ2n) is 7.22. The van der Waals surface area contributed by atoms with Crippen molar-refractivity contribution in [2.45, 2.75) is 37.0 Å². The van der Waals surface area contributed by atoms with E-state index in [1.54, 1.807) is 13.8 Å². The molecule has 0 saturated carbocycles. The molecular weight excluding hydrogens is 415 g/mol. The van der Waals surface area contributed by atoms with Crippen LogP contribution in [-0.4, -0.2) is 28.6 Å². The first-order chi connectivity index (χ1) is 14.0. The highest BCUT2D eigenvalue weighted by atomic mass is 32.2. The number of alkyl halides is 3. The third-order valence-corrected chi connectivity index (χ3v) is 5.87. The summed E-state index contributed by atoms with van der Waals surface area (Å²) in [6.07, 6.45) is -2.90. The van der Waals surface area contributed by atoms with Gasteiger partial charge in [-0.15, -0.1) is 11.8 Å². The van der Waals surface area contributed by atoms with E-state index in [9.17, 15) is 22.8 Å². The summed E-state index contributed by atoms with van der Waals surface area (Å²) >= 11 is 1.49. The predicted molar refractivity (Wildman–Crippen MR) is 107 cm³/mol. The number of carbonyl (C=O) groups excluding carboxylic acids is 2. The molecule has 3 amide bonds. The summed E-state index contributed by atoms with van der Waals surface area (Å²) in [6.45, 7) is 3.25. The molecule has 0 spiro atoms. The average molecular weight is 433 g/mol. The second kappa shape index (κ2) is 7.69. The molecule has 2 aromatic rings. The molecule has 2 aromatic carbocycles. The van der Waals surface area contributed by atoms with Crippen molar-refractivity contribution in [2.75, 3.05) is 11.2 Å². The maximum Gasteiger partial charge on any atom is 0.417 e. The van der Waals surface area contributed by atoms with Crippen LogP contribution in [0, 0.1) is 11.3 Å². The summed E-state index contributed by atoms with van der Waals surface area (Å²) in [4.78, 5) is 29.2. The van der Waals surface area contributed by atoms with Crippen LogP contribution < -0.4 is 4.90 Å². The van der Waals surface area contributed by atoms with Crippen molar-refractivity contribution < 1.29 is 22.8 Å². The van der Waals surface area contributed by atoms with E-state index in [-0.39, 0.29) is 12.2 Å². The van der Waals surface area contributed by atoms with E-state index in [4.69, 9.17) is 5.26 Å². The minimum Gasteiger partial charge on any atom is -0.305 e. The van der Waals surface area contributed by atoms with Gasteiger partial charge in [0, 0.05) is 11.4 Å². The number of nitriles is 1. The van der Waals surface area contributed by atoms with Crippen LogP contribution in [0.1, 0.15) is 30.5 Å². The van der Waals surface area contributed by atoms with Crippen LogP contribution in [0.2, 0.25) is 0 Å². The van der Waals surface area contributed by atoms with Gasteiger partial charge in [0.15, 0.2) is 0 Å². The fourth-order valence-electron chi connectivity index (χ4n) is 3.34. The Labute approximate surface area is 176 Å². The lowest BCUT2D eigenvalue weighted by atomic mass is 10.0. The van der Waals surface area contributed by atoms with Crippen LogP contribution in [0.25, 0.3) is 0 Å². The Morgan fingerprint density at radius 1 is 1.13 bits per heavy atom. The molecule has 0 aliphatic carbocycles. The molecule has 1 fully saturated rings. The molecule has 0 radical (unpaired) electrons. The van der Waals surface area contributed by atoms with Gasteiger partial charge < -0.3 is 4.90 Å². The predicted octanol–water partition coefficient (Wildman–Crippen LogP) is 5.05. The van der Waals surface area contributed by atoms with Gasteiger partial charge in [-0.3, -0.25) is 4.79 Å². The molecule has 0 atom stereocenters. The highest BCUT2D eigenvalue weighted by Gasteiger charge is 2.52. The lowest BCUT2D eigenvalue weighted by Crippen LogP contribution is -2.43. The minimum atomic E-state index is -4.79. The van der Waals surface area contributed by atoms with Crippen molar-refractivity contribution in [3.63, 3.8) is 0 Å². The Kier molecular flexibility index (Phi) is 5.56. The highest BCUT2D eigenvalue weighted by Crippen LogP contribution is 2.38. The molecule has 5 nitrogen and oxygen atoms in total. The van der Waals surface area contributed by atoms with E-state index in [1.807, 2.05) is 30.5 Å². The summed E-state index contributed by atoms with van der Waals surface area (Å²) in [5.74, 6) is -0.632. The molecule has 0 unspecified atom stereocenters. The number of nitrogens with zero attached hydrogens (tertiary/aromatic N) is 3. The number of hydrogen-bond acceptors (Lipinski definition) is 4. The molecule has 0 N–H and O–H groups in total. The lowest BCUT2D eigenvalue weighted by Gasteiger charge is -2.28. The molecule has 0 bridgehead atoms. The molecule has 0 aromatic heterocycles. The largest absolute Gasteiger partial charge is 0.417 e. The number of carbonyl (C=O) groups is 2. The van der Waals surface area contributed by atoms with E-state index in [2.05, 4.69) is 0 Å². The van der Waals surface area contributed by atoms with E-state index >= 15 is 0 Å². The summed E-state index contributed by atoms with van der Waals surface area (Å²) in [5.41, 5.74) is -2.40. The third-order valence-electron chi connectivity index (χ3n) is 5.03. The zero-order valence-corrected chi connectivity index (χ0v) is 17.3. The molecular formula is C21H18F3N3O2S. The molecule has 9 heteroatoms. The summed E-state index contributed by atoms with van der Waals surface area (Å²) in [6, 6.07) is 11.0. The Hall–Kier alpha value is -2.99. The van der Waals surface area contributed by atoms with Gasteiger partial charge in [-0.2, -0.15) is 18.4 Å². The Balaban J connectivity index is 2.03. The molecule has 1 aliphatic heterocycles. The number of thioether (sulfide) groups is 1. The van der Waals surface area contributed by atoms with E-state index in [0.29, 0.717) is 6.07 Å². The number of imide groups is 1. The highest BCUT2D eigenvalue weighted by molar-refractivity contribution is 7.98. The molecule has 1 saturated heterocycles. The average Bonchev–Trinajstić information content (AvgIpc) is 2.86. The monoisotopic (exact) mass is 433 g/mol. The van der Waals surface area contributed by atoms with E-state index in [0.717, 1.165) is 21.4 Å². The fourth-order valence-corrected chi connectivity index (χ4v) is 3.95. The Bertz CT molecular complexity index is 1060. The summed E-state index contributed by atoms with van der Waals surface area (Å²) in [7, 11) is 0. The minimum absolute atomic E-state index is 0.132. The van der Waals surface area contributed by atoms with Gasteiger partial charge in [0.1, 0.15) is 5.54 Å². The first-order valence-electron chi connectivity index (χ1n) is 8.91. The number of benzene rings is 2. The van der Waals surface area contributed by atoms with Crippen molar-refractivity contribution in [2.24, 2.45) is 0 Å². The molecule has 3 rings (SSSR count). The third kappa shape index (κ3) is 3.63. The van der Waals surface area contributed by atoms with Gasteiger partial charge in [-0.05, 0) is 49.9 Å². The zero-order valence-electron chi connectivity index (χ0n) is 16.4. The SMILES string of the molecule is CSc1ccccc1CN1C(=O)N(c2ccc(C#N)c(C(F)(F)F)c2)C(=O)C1(C)C. The maximum atomic E-state index is 13.3. The fraction of sp³-hybridized carbons (Fsp3) is 0.286. The number of urea groups is 1. The van der Waals surface area contributed by atoms with Crippen LogP contribution in [0.5, 0.6) is 0 Å². The second-order valence-corrected chi connectivity index (χ2v) is 8.07. The van der Waals surface area contributed by atoms with Gasteiger partial charge in [0.2, 0.25) is 0 Å².